The normalized spacial score (nSPS) is 14.4. The predicted octanol–water partition coefficient (Wildman–Crippen LogP) is 0.0951. The zero-order valence-corrected chi connectivity index (χ0v) is 14.4. The molecule has 2 rings (SSSR count). The van der Waals surface area contributed by atoms with Gasteiger partial charge in [-0.05, 0) is 11.6 Å². The Balaban J connectivity index is 2.23. The molecule has 4 N–H and O–H groups in total. The molecule has 25 heavy (non-hydrogen) atoms. The second kappa shape index (κ2) is 8.09. The molecule has 1 heterocycles. The van der Waals surface area contributed by atoms with Gasteiger partial charge < -0.3 is 29.3 Å². The molecule has 1 aromatic heterocycles. The third-order valence-corrected chi connectivity index (χ3v) is 4.07. The predicted molar refractivity (Wildman–Crippen MR) is 87.6 cm³/mol. The van der Waals surface area contributed by atoms with Crippen LogP contribution in [0.2, 0.25) is 0 Å². The quantitative estimate of drug-likeness (QED) is 0.377. The smallest absolute Gasteiger partial charge is 0.461 e. The first-order chi connectivity index (χ1) is 11.7. The monoisotopic (exact) mass is 373 g/mol. The molecule has 0 aliphatic carbocycles. The van der Waals surface area contributed by atoms with Gasteiger partial charge in [-0.25, -0.2) is 9.36 Å². The summed E-state index contributed by atoms with van der Waals surface area (Å²) in [6.07, 6.45) is -1.23. The fourth-order valence-corrected chi connectivity index (χ4v) is 2.93. The molecule has 1 aromatic carbocycles. The SMILES string of the molecule is Cn1cc(CC(OP(=O)(O)O)C(=O)OC[C@H](O)CO)c2ccccc21. The number of benzene rings is 1. The number of phosphoric ester groups is 1. The van der Waals surface area contributed by atoms with E-state index in [0.29, 0.717) is 5.56 Å². The molecule has 0 radical (unpaired) electrons. The first-order valence-electron chi connectivity index (χ1n) is 7.43. The van der Waals surface area contributed by atoms with E-state index in [1.54, 1.807) is 19.3 Å². The van der Waals surface area contributed by atoms with Gasteiger partial charge in [-0.3, -0.25) is 4.52 Å². The molecule has 2 atom stereocenters. The van der Waals surface area contributed by atoms with Crippen LogP contribution < -0.4 is 0 Å². The minimum absolute atomic E-state index is 0.124. The minimum Gasteiger partial charge on any atom is -0.461 e. The Morgan fingerprint density at radius 3 is 2.64 bits per heavy atom. The molecule has 0 aliphatic rings. The van der Waals surface area contributed by atoms with Crippen molar-refractivity contribution in [3.05, 3.63) is 36.0 Å². The van der Waals surface area contributed by atoms with Crippen molar-refractivity contribution >= 4 is 24.7 Å². The Morgan fingerprint density at radius 1 is 1.32 bits per heavy atom. The van der Waals surface area contributed by atoms with Crippen molar-refractivity contribution < 1.29 is 38.6 Å². The van der Waals surface area contributed by atoms with E-state index in [1.165, 1.54) is 0 Å². The lowest BCUT2D eigenvalue weighted by Gasteiger charge is -2.18. The van der Waals surface area contributed by atoms with E-state index < -0.39 is 39.2 Å². The van der Waals surface area contributed by atoms with E-state index in [2.05, 4.69) is 4.52 Å². The molecular weight excluding hydrogens is 353 g/mol. The van der Waals surface area contributed by atoms with Crippen LogP contribution in [-0.4, -0.2) is 56.0 Å². The molecule has 0 saturated heterocycles. The Bertz CT molecular complexity index is 783. The number of rotatable bonds is 8. The number of hydrogen-bond donors (Lipinski definition) is 4. The van der Waals surface area contributed by atoms with Crippen LogP contribution in [0.5, 0.6) is 0 Å². The summed E-state index contributed by atoms with van der Waals surface area (Å²) in [4.78, 5) is 30.2. The number of hydrogen-bond acceptors (Lipinski definition) is 6. The lowest BCUT2D eigenvalue weighted by atomic mass is 10.1. The van der Waals surface area contributed by atoms with E-state index >= 15 is 0 Å². The maximum atomic E-state index is 12.1. The van der Waals surface area contributed by atoms with Gasteiger partial charge >= 0.3 is 13.8 Å². The van der Waals surface area contributed by atoms with Crippen LogP contribution in [0, 0.1) is 0 Å². The van der Waals surface area contributed by atoms with Gasteiger partial charge in [0.05, 0.1) is 6.61 Å². The third kappa shape index (κ3) is 5.37. The van der Waals surface area contributed by atoms with E-state index in [0.717, 1.165) is 10.9 Å². The van der Waals surface area contributed by atoms with Crippen molar-refractivity contribution in [2.75, 3.05) is 13.2 Å². The third-order valence-electron chi connectivity index (χ3n) is 3.54. The Kier molecular flexibility index (Phi) is 6.34. The molecule has 10 heteroatoms. The van der Waals surface area contributed by atoms with Gasteiger partial charge in [0.15, 0.2) is 6.10 Å². The average molecular weight is 373 g/mol. The summed E-state index contributed by atoms with van der Waals surface area (Å²) in [5.74, 6) is -1.04. The van der Waals surface area contributed by atoms with Crippen molar-refractivity contribution in [2.24, 2.45) is 7.05 Å². The average Bonchev–Trinajstić information content (AvgIpc) is 2.87. The van der Waals surface area contributed by atoms with Gasteiger partial charge in [-0.15, -0.1) is 0 Å². The molecule has 0 spiro atoms. The standard InChI is InChI=1S/C15H20NO8P/c1-16-7-10(12-4-2-3-5-13(12)16)6-14(24-25(20,21)22)15(19)23-9-11(18)8-17/h2-5,7,11,14,17-18H,6,8-9H2,1H3,(H2,20,21,22)/t11-,14?/m1/s1. The fraction of sp³-hybridized carbons (Fsp3) is 0.400. The summed E-state index contributed by atoms with van der Waals surface area (Å²) in [7, 11) is -3.13. The Morgan fingerprint density at radius 2 is 2.00 bits per heavy atom. The van der Waals surface area contributed by atoms with Crippen LogP contribution in [0.1, 0.15) is 5.56 Å². The lowest BCUT2D eigenvalue weighted by molar-refractivity contribution is -0.156. The Labute approximate surface area is 143 Å². The second-order valence-electron chi connectivity index (χ2n) is 5.54. The molecule has 0 amide bonds. The maximum absolute atomic E-state index is 12.1. The number of nitrogens with zero attached hydrogens (tertiary/aromatic N) is 1. The number of aliphatic hydroxyl groups excluding tert-OH is 2. The molecule has 2 aromatic rings. The summed E-state index contributed by atoms with van der Waals surface area (Å²) in [5, 5.41) is 18.8. The van der Waals surface area contributed by atoms with E-state index in [-0.39, 0.29) is 6.42 Å². The van der Waals surface area contributed by atoms with Gasteiger partial charge in [0.25, 0.3) is 0 Å². The van der Waals surface area contributed by atoms with Crippen molar-refractivity contribution in [3.63, 3.8) is 0 Å². The second-order valence-corrected chi connectivity index (χ2v) is 6.73. The number of esters is 1. The van der Waals surface area contributed by atoms with Crippen molar-refractivity contribution in [1.29, 1.82) is 0 Å². The number of ether oxygens (including phenoxy) is 1. The van der Waals surface area contributed by atoms with Crippen LogP contribution in [-0.2, 0) is 32.1 Å². The summed E-state index contributed by atoms with van der Waals surface area (Å²) < 4.78 is 22.3. The molecule has 1 unspecified atom stereocenters. The molecular formula is C15H20NO8P. The highest BCUT2D eigenvalue weighted by Crippen LogP contribution is 2.39. The topological polar surface area (TPSA) is 138 Å². The molecule has 0 bridgehead atoms. The molecule has 9 nitrogen and oxygen atoms in total. The number of carbonyl (C=O) groups excluding carboxylic acids is 1. The number of carbonyl (C=O) groups is 1. The van der Waals surface area contributed by atoms with Crippen molar-refractivity contribution in [1.82, 2.24) is 4.57 Å². The van der Waals surface area contributed by atoms with Crippen LogP contribution in [0.15, 0.2) is 30.5 Å². The zero-order chi connectivity index (χ0) is 18.6. The maximum Gasteiger partial charge on any atom is 0.470 e. The highest BCUT2D eigenvalue weighted by atomic mass is 31.2. The van der Waals surface area contributed by atoms with Crippen molar-refractivity contribution in [2.45, 2.75) is 18.6 Å². The molecule has 138 valence electrons. The van der Waals surface area contributed by atoms with Gasteiger partial charge in [0.2, 0.25) is 0 Å². The largest absolute Gasteiger partial charge is 0.470 e. The van der Waals surface area contributed by atoms with Gasteiger partial charge in [0, 0.05) is 30.6 Å². The van der Waals surface area contributed by atoms with Crippen LogP contribution in [0.4, 0.5) is 0 Å². The number of fused-ring (bicyclic) bond motifs is 1. The molecule has 0 aliphatic heterocycles. The van der Waals surface area contributed by atoms with Crippen LogP contribution in [0.25, 0.3) is 10.9 Å². The number of aromatic nitrogens is 1. The summed E-state index contributed by atoms with van der Waals surface area (Å²) >= 11 is 0. The van der Waals surface area contributed by atoms with E-state index in [4.69, 9.17) is 19.6 Å². The zero-order valence-electron chi connectivity index (χ0n) is 13.5. The summed E-state index contributed by atoms with van der Waals surface area (Å²) in [6, 6.07) is 7.34. The fourth-order valence-electron chi connectivity index (χ4n) is 2.44. The van der Waals surface area contributed by atoms with Gasteiger partial charge in [-0.1, -0.05) is 18.2 Å². The molecule has 0 saturated carbocycles. The molecule has 0 fully saturated rings. The van der Waals surface area contributed by atoms with E-state index in [1.807, 2.05) is 22.8 Å². The van der Waals surface area contributed by atoms with Crippen LogP contribution in [0.3, 0.4) is 0 Å². The van der Waals surface area contributed by atoms with Crippen molar-refractivity contribution in [3.8, 4) is 0 Å². The first-order valence-corrected chi connectivity index (χ1v) is 8.96. The number of aliphatic hydroxyl groups is 2. The van der Waals surface area contributed by atoms with Gasteiger partial charge in [-0.2, -0.15) is 0 Å². The van der Waals surface area contributed by atoms with E-state index in [9.17, 15) is 14.5 Å². The summed E-state index contributed by atoms with van der Waals surface area (Å²) in [6.45, 7) is -1.12. The number of aryl methyl sites for hydroxylation is 1. The van der Waals surface area contributed by atoms with Crippen LogP contribution >= 0.6 is 7.82 Å². The lowest BCUT2D eigenvalue weighted by Crippen LogP contribution is -2.31. The first kappa shape index (κ1) is 19.6. The van der Waals surface area contributed by atoms with Gasteiger partial charge in [0.1, 0.15) is 12.7 Å². The minimum atomic E-state index is -4.94. The highest BCUT2D eigenvalue weighted by Gasteiger charge is 2.31. The number of phosphoric acid groups is 1. The summed E-state index contributed by atoms with van der Waals surface area (Å²) in [5.41, 5.74) is 1.53. The highest BCUT2D eigenvalue weighted by molar-refractivity contribution is 7.46. The Hall–Kier alpha value is -1.74. The number of para-hydroxylation sites is 1.